The predicted octanol–water partition coefficient (Wildman–Crippen LogP) is 3.45. The highest BCUT2D eigenvalue weighted by molar-refractivity contribution is 6.31. The first-order valence-electron chi connectivity index (χ1n) is 8.23. The molecule has 0 aliphatic heterocycles. The zero-order valence-corrected chi connectivity index (χ0v) is 13.8. The lowest BCUT2D eigenvalue weighted by Gasteiger charge is -2.34. The van der Waals surface area contributed by atoms with Gasteiger partial charge in [-0.1, -0.05) is 29.8 Å². The van der Waals surface area contributed by atoms with Crippen LogP contribution in [0.4, 0.5) is 0 Å². The minimum atomic E-state index is 0.0977. The summed E-state index contributed by atoms with van der Waals surface area (Å²) in [4.78, 5) is 14.6. The number of rotatable bonds is 4. The van der Waals surface area contributed by atoms with Crippen LogP contribution in [0.3, 0.4) is 0 Å². The molecule has 2 unspecified atom stereocenters. The molecule has 22 heavy (non-hydrogen) atoms. The summed E-state index contributed by atoms with van der Waals surface area (Å²) in [6.45, 7) is 0.279. The van der Waals surface area contributed by atoms with E-state index >= 15 is 0 Å². The summed E-state index contributed by atoms with van der Waals surface area (Å²) in [6, 6.07) is 8.18. The highest BCUT2D eigenvalue weighted by atomic mass is 35.5. The minimum Gasteiger partial charge on any atom is -0.396 e. The van der Waals surface area contributed by atoms with Gasteiger partial charge in [-0.25, -0.2) is 0 Å². The fraction of sp³-hybridized carbons (Fsp3) is 0.611. The number of nitrogens with zero attached hydrogens (tertiary/aromatic N) is 1. The van der Waals surface area contributed by atoms with Crippen molar-refractivity contribution in [2.75, 3.05) is 13.7 Å². The van der Waals surface area contributed by atoms with Gasteiger partial charge in [0.1, 0.15) is 0 Å². The van der Waals surface area contributed by atoms with Gasteiger partial charge in [-0.15, -0.1) is 0 Å². The van der Waals surface area contributed by atoms with Crippen molar-refractivity contribution in [3.05, 3.63) is 34.9 Å². The highest BCUT2D eigenvalue weighted by Gasteiger charge is 2.46. The van der Waals surface area contributed by atoms with Crippen LogP contribution < -0.4 is 0 Å². The number of carbonyl (C=O) groups excluding carboxylic acids is 1. The maximum absolute atomic E-state index is 12.7. The van der Waals surface area contributed by atoms with E-state index in [-0.39, 0.29) is 24.3 Å². The van der Waals surface area contributed by atoms with Crippen molar-refractivity contribution < 1.29 is 9.90 Å². The van der Waals surface area contributed by atoms with Gasteiger partial charge in [0.25, 0.3) is 0 Å². The number of amides is 1. The Morgan fingerprint density at radius 3 is 2.59 bits per heavy atom. The smallest absolute Gasteiger partial charge is 0.226 e. The van der Waals surface area contributed by atoms with Gasteiger partial charge in [0.05, 0.1) is 0 Å². The number of halogens is 1. The van der Waals surface area contributed by atoms with Crippen molar-refractivity contribution in [3.63, 3.8) is 0 Å². The molecule has 0 heterocycles. The molecule has 1 aromatic carbocycles. The highest BCUT2D eigenvalue weighted by Crippen LogP contribution is 2.50. The Morgan fingerprint density at radius 2 is 1.95 bits per heavy atom. The summed E-state index contributed by atoms with van der Waals surface area (Å²) in [7, 11) is 1.94. The summed E-state index contributed by atoms with van der Waals surface area (Å²) < 4.78 is 0. The molecule has 0 spiro atoms. The van der Waals surface area contributed by atoms with Gasteiger partial charge in [0.15, 0.2) is 0 Å². The molecule has 3 nitrogen and oxygen atoms in total. The van der Waals surface area contributed by atoms with Gasteiger partial charge in [-0.05, 0) is 55.6 Å². The quantitative estimate of drug-likeness (QED) is 0.922. The molecule has 1 N–H and O–H groups in total. The summed E-state index contributed by atoms with van der Waals surface area (Å²) in [5.41, 5.74) is 1.11. The SMILES string of the molecule is CN(C(=O)C1CC1c1ccccc1Cl)C1CCC(CO)CC1. The second kappa shape index (κ2) is 6.59. The van der Waals surface area contributed by atoms with E-state index in [9.17, 15) is 9.90 Å². The van der Waals surface area contributed by atoms with Crippen molar-refractivity contribution in [3.8, 4) is 0 Å². The molecule has 1 aromatic rings. The predicted molar refractivity (Wildman–Crippen MR) is 87.9 cm³/mol. The van der Waals surface area contributed by atoms with Crippen LogP contribution in [0.25, 0.3) is 0 Å². The first-order valence-corrected chi connectivity index (χ1v) is 8.61. The maximum Gasteiger partial charge on any atom is 0.226 e. The van der Waals surface area contributed by atoms with E-state index in [1.165, 1.54) is 0 Å². The van der Waals surface area contributed by atoms with E-state index < -0.39 is 0 Å². The summed E-state index contributed by atoms with van der Waals surface area (Å²) >= 11 is 6.24. The van der Waals surface area contributed by atoms with E-state index in [2.05, 4.69) is 0 Å². The van der Waals surface area contributed by atoms with E-state index in [0.717, 1.165) is 42.7 Å². The molecule has 2 aliphatic rings. The first kappa shape index (κ1) is 15.8. The standard InChI is InChI=1S/C18H24ClNO2/c1-20(13-8-6-12(11-21)7-9-13)18(22)16-10-15(16)14-4-2-3-5-17(14)19/h2-5,12-13,15-16,21H,6-11H2,1H3. The molecule has 0 radical (unpaired) electrons. The van der Waals surface area contributed by atoms with Gasteiger partial charge < -0.3 is 10.0 Å². The largest absolute Gasteiger partial charge is 0.396 e. The third-order valence-corrected chi connectivity index (χ3v) is 5.73. The molecule has 2 aliphatic carbocycles. The molecule has 3 rings (SSSR count). The average Bonchev–Trinajstić information content (AvgIpc) is 3.34. The van der Waals surface area contributed by atoms with Crippen molar-refractivity contribution in [2.45, 2.75) is 44.1 Å². The summed E-state index contributed by atoms with van der Waals surface area (Å²) in [6.07, 6.45) is 4.99. The Morgan fingerprint density at radius 1 is 1.27 bits per heavy atom. The van der Waals surface area contributed by atoms with Gasteiger partial charge in [-0.2, -0.15) is 0 Å². The van der Waals surface area contributed by atoms with Gasteiger partial charge >= 0.3 is 0 Å². The lowest BCUT2D eigenvalue weighted by molar-refractivity contribution is -0.134. The molecule has 2 atom stereocenters. The van der Waals surface area contributed by atoms with Crippen LogP contribution in [0.1, 0.15) is 43.6 Å². The van der Waals surface area contributed by atoms with Crippen molar-refractivity contribution in [1.82, 2.24) is 4.90 Å². The van der Waals surface area contributed by atoms with Crippen LogP contribution in [-0.4, -0.2) is 35.6 Å². The van der Waals surface area contributed by atoms with Crippen LogP contribution in [0.15, 0.2) is 24.3 Å². The lowest BCUT2D eigenvalue weighted by Crippen LogP contribution is -2.40. The molecule has 120 valence electrons. The molecule has 4 heteroatoms. The van der Waals surface area contributed by atoms with Crippen LogP contribution in [0.2, 0.25) is 5.02 Å². The summed E-state index contributed by atoms with van der Waals surface area (Å²) in [5, 5.41) is 9.99. The first-order chi connectivity index (χ1) is 10.6. The van der Waals surface area contributed by atoms with Gasteiger partial charge in [0, 0.05) is 30.6 Å². The van der Waals surface area contributed by atoms with Crippen LogP contribution >= 0.6 is 11.6 Å². The van der Waals surface area contributed by atoms with Crippen LogP contribution in [0, 0.1) is 11.8 Å². The minimum absolute atomic E-state index is 0.0977. The number of benzene rings is 1. The lowest BCUT2D eigenvalue weighted by atomic mass is 9.86. The molecule has 0 saturated heterocycles. The number of aliphatic hydroxyl groups is 1. The van der Waals surface area contributed by atoms with E-state index in [4.69, 9.17) is 11.6 Å². The van der Waals surface area contributed by atoms with Crippen molar-refractivity contribution >= 4 is 17.5 Å². The molecular weight excluding hydrogens is 298 g/mol. The number of carbonyl (C=O) groups is 1. The van der Waals surface area contributed by atoms with Crippen LogP contribution in [-0.2, 0) is 4.79 Å². The molecule has 1 amide bonds. The molecular formula is C18H24ClNO2. The molecule has 0 aromatic heterocycles. The monoisotopic (exact) mass is 321 g/mol. The zero-order chi connectivity index (χ0) is 15.7. The second-order valence-corrected chi connectivity index (χ2v) is 7.18. The van der Waals surface area contributed by atoms with E-state index in [1.807, 2.05) is 36.2 Å². The average molecular weight is 322 g/mol. The van der Waals surface area contributed by atoms with Crippen molar-refractivity contribution in [1.29, 1.82) is 0 Å². The van der Waals surface area contributed by atoms with Gasteiger partial charge in [-0.3, -0.25) is 4.79 Å². The van der Waals surface area contributed by atoms with Crippen LogP contribution in [0.5, 0.6) is 0 Å². The molecule has 2 fully saturated rings. The molecule has 2 saturated carbocycles. The molecule has 0 bridgehead atoms. The third-order valence-electron chi connectivity index (χ3n) is 5.38. The Bertz CT molecular complexity index is 540. The number of hydrogen-bond donors (Lipinski definition) is 1. The Kier molecular flexibility index (Phi) is 4.74. The van der Waals surface area contributed by atoms with Crippen molar-refractivity contribution in [2.24, 2.45) is 11.8 Å². The zero-order valence-electron chi connectivity index (χ0n) is 13.0. The second-order valence-electron chi connectivity index (χ2n) is 6.78. The van der Waals surface area contributed by atoms with Gasteiger partial charge in [0.2, 0.25) is 5.91 Å². The third kappa shape index (κ3) is 3.16. The number of aliphatic hydroxyl groups excluding tert-OH is 1. The number of hydrogen-bond acceptors (Lipinski definition) is 2. The fourth-order valence-corrected chi connectivity index (χ4v) is 4.02. The summed E-state index contributed by atoms with van der Waals surface area (Å²) in [5.74, 6) is 1.08. The van der Waals surface area contributed by atoms with E-state index in [0.29, 0.717) is 12.0 Å². The van der Waals surface area contributed by atoms with E-state index in [1.54, 1.807) is 0 Å². The normalized spacial score (nSPS) is 30.9. The fourth-order valence-electron chi connectivity index (χ4n) is 3.74. The Labute approximate surface area is 137 Å². The Hall–Kier alpha value is -1.06. The maximum atomic E-state index is 12.7. The topological polar surface area (TPSA) is 40.5 Å². The Balaban J connectivity index is 1.58.